The topological polar surface area (TPSA) is 25.8 Å². The van der Waals surface area contributed by atoms with Crippen LogP contribution in [0.2, 0.25) is 5.02 Å². The monoisotopic (exact) mass is 222 g/mol. The molecule has 0 amide bonds. The summed E-state index contributed by atoms with van der Waals surface area (Å²) in [6, 6.07) is 5.70. The van der Waals surface area contributed by atoms with E-state index in [-0.39, 0.29) is 0 Å². The minimum Gasteiger partial charge on any atom is -0.241 e. The number of benzene rings is 1. The summed E-state index contributed by atoms with van der Waals surface area (Å²) in [5, 5.41) is 1.68. The maximum Gasteiger partial charge on any atom is 0.128 e. The van der Waals surface area contributed by atoms with E-state index < -0.39 is 0 Å². The molecule has 0 aliphatic rings. The van der Waals surface area contributed by atoms with E-state index in [2.05, 4.69) is 9.97 Å². The van der Waals surface area contributed by atoms with Crippen LogP contribution in [0.1, 0.15) is 26.6 Å². The lowest BCUT2D eigenvalue weighted by atomic mass is 10.2. The molecule has 0 N–H and O–H groups in total. The fourth-order valence-electron chi connectivity index (χ4n) is 1.23. The molecule has 0 atom stereocenters. The van der Waals surface area contributed by atoms with Gasteiger partial charge in [0, 0.05) is 18.0 Å². The highest BCUT2D eigenvalue weighted by Crippen LogP contribution is 2.20. The fraction of sp³-hybridized carbons (Fsp3) is 0.333. The molecule has 0 saturated heterocycles. The molecule has 0 fully saturated rings. The van der Waals surface area contributed by atoms with Gasteiger partial charge in [-0.3, -0.25) is 0 Å². The molecule has 0 unspecified atom stereocenters. The molecule has 2 aromatic rings. The van der Waals surface area contributed by atoms with E-state index in [4.69, 9.17) is 11.6 Å². The van der Waals surface area contributed by atoms with Gasteiger partial charge in [0.25, 0.3) is 0 Å². The van der Waals surface area contributed by atoms with Gasteiger partial charge >= 0.3 is 0 Å². The first kappa shape index (κ1) is 11.9. The quantitative estimate of drug-likeness (QED) is 0.732. The second-order valence-electron chi connectivity index (χ2n) is 2.82. The Kier molecular flexibility index (Phi) is 4.50. The maximum atomic E-state index is 6.00. The third-order valence-electron chi connectivity index (χ3n) is 1.93. The predicted octanol–water partition coefficient (Wildman–Crippen LogP) is 3.87. The van der Waals surface area contributed by atoms with Crippen molar-refractivity contribution in [2.75, 3.05) is 0 Å². The van der Waals surface area contributed by atoms with E-state index >= 15 is 0 Å². The average Bonchev–Trinajstić information content (AvgIpc) is 2.32. The Bertz CT molecular complexity index is 441. The molecule has 0 bridgehead atoms. The molecular formula is C12H15ClN2. The Morgan fingerprint density at radius 2 is 2.00 bits per heavy atom. The number of rotatable bonds is 1. The van der Waals surface area contributed by atoms with Crippen molar-refractivity contribution in [3.8, 4) is 0 Å². The predicted molar refractivity (Wildman–Crippen MR) is 65.3 cm³/mol. The van der Waals surface area contributed by atoms with E-state index in [0.717, 1.165) is 23.1 Å². The molecule has 80 valence electrons. The van der Waals surface area contributed by atoms with Gasteiger partial charge < -0.3 is 0 Å². The second-order valence-corrected chi connectivity index (χ2v) is 3.22. The van der Waals surface area contributed by atoms with Crippen LogP contribution < -0.4 is 0 Å². The molecule has 15 heavy (non-hydrogen) atoms. The first-order valence-electron chi connectivity index (χ1n) is 5.21. The van der Waals surface area contributed by atoms with Gasteiger partial charge in [-0.05, 0) is 6.07 Å². The van der Waals surface area contributed by atoms with Crippen molar-refractivity contribution in [1.29, 1.82) is 0 Å². The van der Waals surface area contributed by atoms with Crippen LogP contribution in [0.15, 0.2) is 24.4 Å². The Labute approximate surface area is 95.3 Å². The van der Waals surface area contributed by atoms with Crippen molar-refractivity contribution < 1.29 is 0 Å². The van der Waals surface area contributed by atoms with Crippen LogP contribution in [0.5, 0.6) is 0 Å². The lowest BCUT2D eigenvalue weighted by molar-refractivity contribution is 0.961. The minimum atomic E-state index is 0.689. The Balaban J connectivity index is 0.000000531. The van der Waals surface area contributed by atoms with E-state index in [9.17, 15) is 0 Å². The highest BCUT2D eigenvalue weighted by Gasteiger charge is 2.01. The van der Waals surface area contributed by atoms with Gasteiger partial charge in [-0.1, -0.05) is 44.5 Å². The lowest BCUT2D eigenvalue weighted by Gasteiger charge is -2.00. The van der Waals surface area contributed by atoms with Gasteiger partial charge in [-0.25, -0.2) is 9.97 Å². The summed E-state index contributed by atoms with van der Waals surface area (Å²) >= 11 is 6.00. The summed E-state index contributed by atoms with van der Waals surface area (Å²) < 4.78 is 0. The Hall–Kier alpha value is -1.15. The zero-order chi connectivity index (χ0) is 11.3. The zero-order valence-electron chi connectivity index (χ0n) is 9.29. The molecule has 2 rings (SSSR count). The van der Waals surface area contributed by atoms with Crippen molar-refractivity contribution in [2.45, 2.75) is 27.2 Å². The standard InChI is InChI=1S/C10H9ClN2.C2H6/c1-2-9-12-6-7-4-3-5-8(11)10(7)13-9;1-2/h3-6H,2H2,1H3;1-2H3. The number of fused-ring (bicyclic) bond motifs is 1. The molecule has 3 heteroatoms. The second kappa shape index (κ2) is 5.66. The highest BCUT2D eigenvalue weighted by molar-refractivity contribution is 6.34. The van der Waals surface area contributed by atoms with Gasteiger partial charge in [0.1, 0.15) is 5.82 Å². The summed E-state index contributed by atoms with van der Waals surface area (Å²) in [5.74, 6) is 0.834. The number of para-hydroxylation sites is 1. The van der Waals surface area contributed by atoms with Crippen LogP contribution in [0.4, 0.5) is 0 Å². The molecule has 0 aliphatic carbocycles. The molecule has 0 saturated carbocycles. The summed E-state index contributed by atoms with van der Waals surface area (Å²) in [6.07, 6.45) is 2.65. The third kappa shape index (κ3) is 2.66. The molecule has 0 spiro atoms. The van der Waals surface area contributed by atoms with Gasteiger partial charge in [0.05, 0.1) is 10.5 Å². The number of aromatic nitrogens is 2. The zero-order valence-corrected chi connectivity index (χ0v) is 10.0. The third-order valence-corrected chi connectivity index (χ3v) is 2.23. The molecule has 2 nitrogen and oxygen atoms in total. The number of aryl methyl sites for hydroxylation is 1. The fourth-order valence-corrected chi connectivity index (χ4v) is 1.45. The van der Waals surface area contributed by atoms with Gasteiger partial charge in [-0.2, -0.15) is 0 Å². The normalized spacial score (nSPS) is 9.60. The number of halogens is 1. The van der Waals surface area contributed by atoms with E-state index in [1.54, 1.807) is 0 Å². The van der Waals surface area contributed by atoms with Crippen LogP contribution in [-0.2, 0) is 6.42 Å². The van der Waals surface area contributed by atoms with Crippen LogP contribution in [0.3, 0.4) is 0 Å². The number of hydrogen-bond donors (Lipinski definition) is 0. The van der Waals surface area contributed by atoms with E-state index in [1.165, 1.54) is 0 Å². The van der Waals surface area contributed by atoms with Crippen LogP contribution in [0, 0.1) is 0 Å². The van der Waals surface area contributed by atoms with Crippen LogP contribution in [-0.4, -0.2) is 9.97 Å². The van der Waals surface area contributed by atoms with Gasteiger partial charge in [0.15, 0.2) is 0 Å². The first-order chi connectivity index (χ1) is 7.31. The van der Waals surface area contributed by atoms with Crippen LogP contribution >= 0.6 is 11.6 Å². The largest absolute Gasteiger partial charge is 0.241 e. The SMILES string of the molecule is CC.CCc1ncc2cccc(Cl)c2n1. The Morgan fingerprint density at radius 3 is 2.67 bits per heavy atom. The average molecular weight is 223 g/mol. The molecule has 0 aliphatic heterocycles. The van der Waals surface area contributed by atoms with E-state index in [1.807, 2.05) is 45.2 Å². The Morgan fingerprint density at radius 1 is 1.27 bits per heavy atom. The highest BCUT2D eigenvalue weighted by atomic mass is 35.5. The molecule has 1 aromatic heterocycles. The summed E-state index contributed by atoms with van der Waals surface area (Å²) in [4.78, 5) is 8.55. The first-order valence-corrected chi connectivity index (χ1v) is 5.59. The summed E-state index contributed by atoms with van der Waals surface area (Å²) in [7, 11) is 0. The molecule has 0 radical (unpaired) electrons. The maximum absolute atomic E-state index is 6.00. The number of nitrogens with zero attached hydrogens (tertiary/aromatic N) is 2. The van der Waals surface area contributed by atoms with Crippen molar-refractivity contribution in [1.82, 2.24) is 9.97 Å². The minimum absolute atomic E-state index is 0.689. The lowest BCUT2D eigenvalue weighted by Crippen LogP contribution is -1.92. The van der Waals surface area contributed by atoms with E-state index in [0.29, 0.717) is 5.02 Å². The van der Waals surface area contributed by atoms with Crippen molar-refractivity contribution >= 4 is 22.5 Å². The number of hydrogen-bond acceptors (Lipinski definition) is 2. The molecule has 1 aromatic carbocycles. The molecule has 1 heterocycles. The van der Waals surface area contributed by atoms with Crippen LogP contribution in [0.25, 0.3) is 10.9 Å². The van der Waals surface area contributed by atoms with Crippen molar-refractivity contribution in [3.05, 3.63) is 35.2 Å². The van der Waals surface area contributed by atoms with Gasteiger partial charge in [-0.15, -0.1) is 0 Å². The smallest absolute Gasteiger partial charge is 0.128 e. The molecular weight excluding hydrogens is 208 g/mol. The summed E-state index contributed by atoms with van der Waals surface area (Å²) in [5.41, 5.74) is 0.844. The van der Waals surface area contributed by atoms with Crippen molar-refractivity contribution in [2.24, 2.45) is 0 Å². The van der Waals surface area contributed by atoms with Gasteiger partial charge in [0.2, 0.25) is 0 Å². The summed E-state index contributed by atoms with van der Waals surface area (Å²) in [6.45, 7) is 6.03. The van der Waals surface area contributed by atoms with Crippen molar-refractivity contribution in [3.63, 3.8) is 0 Å².